The van der Waals surface area contributed by atoms with E-state index in [0.717, 1.165) is 16.0 Å². The van der Waals surface area contributed by atoms with Crippen molar-refractivity contribution < 1.29 is 48.0 Å². The second-order valence-corrected chi connectivity index (χ2v) is 15.1. The Morgan fingerprint density at radius 1 is 0.906 bits per heavy atom. The average molecular weight is 769 g/mol. The third-order valence-corrected chi connectivity index (χ3v) is 11.2. The third-order valence-electron chi connectivity index (χ3n) is 9.66. The molecule has 4 amide bonds. The fourth-order valence-corrected chi connectivity index (χ4v) is 7.26. The van der Waals surface area contributed by atoms with E-state index in [1.807, 2.05) is 6.92 Å². The van der Waals surface area contributed by atoms with Crippen LogP contribution in [0.2, 0.25) is 0 Å². The van der Waals surface area contributed by atoms with Gasteiger partial charge in [0.05, 0.1) is 56.0 Å². The summed E-state index contributed by atoms with van der Waals surface area (Å²) >= 11 is 4.18. The third kappa shape index (κ3) is 7.76. The van der Waals surface area contributed by atoms with Crippen molar-refractivity contribution in [2.45, 2.75) is 62.6 Å². The summed E-state index contributed by atoms with van der Waals surface area (Å²) in [5.74, 6) is 0.474. The number of carbonyl (C=O) groups excluding carboxylic acids is 4. The Kier molecular flexibility index (Phi) is 11.7. The van der Waals surface area contributed by atoms with Crippen LogP contribution in [0.15, 0.2) is 48.6 Å². The lowest BCUT2D eigenvalue weighted by Crippen LogP contribution is -2.51. The number of methoxy groups -OCH3 is 2. The Morgan fingerprint density at radius 3 is 2.17 bits per heavy atom. The number of amides is 4. The predicted octanol–water partition coefficient (Wildman–Crippen LogP) is 5.07. The highest BCUT2D eigenvalue weighted by Gasteiger charge is 2.46. The van der Waals surface area contributed by atoms with Gasteiger partial charge >= 0.3 is 6.09 Å². The number of aliphatic hydroxyl groups is 1. The maximum absolute atomic E-state index is 13.8. The van der Waals surface area contributed by atoms with Gasteiger partial charge in [0, 0.05) is 30.5 Å². The van der Waals surface area contributed by atoms with Gasteiger partial charge in [-0.3, -0.25) is 14.4 Å². The molecule has 0 bridgehead atoms. The van der Waals surface area contributed by atoms with Crippen molar-refractivity contribution in [1.29, 1.82) is 0 Å². The Labute approximate surface area is 317 Å². The minimum absolute atomic E-state index is 0.0509. The molecule has 0 radical (unpaired) electrons. The molecule has 0 aromatic heterocycles. The van der Waals surface area contributed by atoms with E-state index in [1.54, 1.807) is 12.1 Å². The number of rotatable bonds is 13. The zero-order chi connectivity index (χ0) is 38.0. The lowest BCUT2D eigenvalue weighted by molar-refractivity contribution is -0.119. The summed E-state index contributed by atoms with van der Waals surface area (Å²) in [5, 5.41) is 14.3. The molecule has 2 fully saturated rings. The van der Waals surface area contributed by atoms with Gasteiger partial charge in [-0.25, -0.2) is 9.69 Å². The molecular formula is C37H44N4O10S2. The molecule has 4 heterocycles. The Balaban J connectivity index is 1.10. The van der Waals surface area contributed by atoms with E-state index in [9.17, 15) is 24.3 Å². The first-order valence-electron chi connectivity index (χ1n) is 17.4. The number of ether oxygens (including phenoxy) is 5. The van der Waals surface area contributed by atoms with Crippen molar-refractivity contribution in [3.05, 3.63) is 59.7 Å². The molecule has 0 aliphatic carbocycles. The van der Waals surface area contributed by atoms with E-state index in [-0.39, 0.29) is 54.0 Å². The number of nitrogens with zero attached hydrogens (tertiary/aromatic N) is 3. The van der Waals surface area contributed by atoms with Gasteiger partial charge in [-0.15, -0.1) is 11.7 Å². The quantitative estimate of drug-likeness (QED) is 0.108. The molecule has 0 unspecified atom stereocenters. The zero-order valence-corrected chi connectivity index (χ0v) is 31.6. The SMILES string of the molecule is C=C1C[C@H]2C(=O)Nc3cc(OCCCCCOc4cc5c(cc4OC)C(=O)N4CC(=C)C[C@H]4[C@H](O)N5C(=O)OC[C@@H](C)SS)c(OC)cc3C(=O)N2C1. The van der Waals surface area contributed by atoms with Crippen LogP contribution in [0.5, 0.6) is 23.0 Å². The fourth-order valence-electron chi connectivity index (χ4n) is 6.95. The minimum Gasteiger partial charge on any atom is -0.493 e. The number of aliphatic hydroxyl groups excluding tert-OH is 1. The van der Waals surface area contributed by atoms with Gasteiger partial charge in [-0.2, -0.15) is 0 Å². The van der Waals surface area contributed by atoms with Crippen LogP contribution in [0, 0.1) is 0 Å². The summed E-state index contributed by atoms with van der Waals surface area (Å²) in [6.45, 7) is 11.1. The average Bonchev–Trinajstić information content (AvgIpc) is 3.71. The number of anilines is 2. The molecule has 14 nitrogen and oxygen atoms in total. The zero-order valence-electron chi connectivity index (χ0n) is 29.9. The summed E-state index contributed by atoms with van der Waals surface area (Å²) in [6.07, 6.45) is 0.568. The molecule has 53 heavy (non-hydrogen) atoms. The van der Waals surface area contributed by atoms with Crippen molar-refractivity contribution in [2.24, 2.45) is 0 Å². The summed E-state index contributed by atoms with van der Waals surface area (Å²) in [6, 6.07) is 4.97. The second-order valence-electron chi connectivity index (χ2n) is 13.4. The lowest BCUT2D eigenvalue weighted by atomic mass is 10.1. The number of hydrogen-bond acceptors (Lipinski definition) is 12. The number of fused-ring (bicyclic) bond motifs is 4. The van der Waals surface area contributed by atoms with Crippen LogP contribution in [-0.2, 0) is 9.53 Å². The van der Waals surface area contributed by atoms with Gasteiger partial charge < -0.3 is 43.9 Å². The molecule has 2 N–H and O–H groups in total. The molecule has 4 aliphatic rings. The number of nitrogens with one attached hydrogen (secondary N) is 1. The number of benzene rings is 2. The van der Waals surface area contributed by atoms with Crippen molar-refractivity contribution in [2.75, 3.05) is 57.3 Å². The molecule has 4 atom stereocenters. The van der Waals surface area contributed by atoms with Crippen LogP contribution in [0.4, 0.5) is 16.2 Å². The summed E-state index contributed by atoms with van der Waals surface area (Å²) in [4.78, 5) is 57.6. The highest BCUT2D eigenvalue weighted by molar-refractivity contribution is 8.68. The first-order valence-corrected chi connectivity index (χ1v) is 19.3. The van der Waals surface area contributed by atoms with Crippen LogP contribution in [-0.4, -0.2) is 109 Å². The monoisotopic (exact) mass is 768 g/mol. The standard InChI is InChI=1S/C37H44N4O10S2/c1-20-11-27-33(42)38-25-15-31(29(47-4)13-23(25)34(43)39(27)17-20)49-9-7-6-8-10-50-32-16-26-24(14-30(32)48-5)35(44)40-18-21(2)12-28(40)36(45)41(26)37(46)51-19-22(3)53-52/h13-16,22,27-28,36,45,52H,1-2,6-12,17-19H2,3-5H3,(H,38,42)/t22-,27+,28+,36+/m1/s1. The fraction of sp³-hybridized carbons (Fsp3) is 0.459. The molecule has 284 valence electrons. The van der Waals surface area contributed by atoms with Gasteiger partial charge in [-0.05, 0) is 51.2 Å². The number of hydrogen-bond donors (Lipinski definition) is 3. The maximum Gasteiger partial charge on any atom is 0.416 e. The van der Waals surface area contributed by atoms with Gasteiger partial charge in [-0.1, -0.05) is 35.1 Å². The molecule has 0 spiro atoms. The normalized spacial score (nSPS) is 21.2. The summed E-state index contributed by atoms with van der Waals surface area (Å²) in [5.41, 5.74) is 2.63. The van der Waals surface area contributed by atoms with Crippen LogP contribution in [0.25, 0.3) is 0 Å². The first kappa shape index (κ1) is 38.2. The van der Waals surface area contributed by atoms with Crippen LogP contribution >= 0.6 is 22.5 Å². The molecule has 6 rings (SSSR count). The van der Waals surface area contributed by atoms with Crippen molar-refractivity contribution in [3.8, 4) is 23.0 Å². The highest BCUT2D eigenvalue weighted by atomic mass is 33.1. The molecule has 16 heteroatoms. The molecular weight excluding hydrogens is 725 g/mol. The van der Waals surface area contributed by atoms with E-state index in [4.69, 9.17) is 23.7 Å². The second kappa shape index (κ2) is 16.2. The topological polar surface area (TPSA) is 156 Å². The summed E-state index contributed by atoms with van der Waals surface area (Å²) < 4.78 is 28.8. The van der Waals surface area contributed by atoms with Crippen molar-refractivity contribution in [1.82, 2.24) is 9.80 Å². The smallest absolute Gasteiger partial charge is 0.416 e. The largest absolute Gasteiger partial charge is 0.493 e. The summed E-state index contributed by atoms with van der Waals surface area (Å²) in [7, 11) is 4.19. The van der Waals surface area contributed by atoms with Crippen LogP contribution in [0.1, 0.15) is 59.7 Å². The van der Waals surface area contributed by atoms with Crippen molar-refractivity contribution >= 4 is 57.6 Å². The molecule has 2 aromatic rings. The highest BCUT2D eigenvalue weighted by Crippen LogP contribution is 2.42. The Morgan fingerprint density at radius 2 is 1.51 bits per heavy atom. The van der Waals surface area contributed by atoms with Gasteiger partial charge in [0.1, 0.15) is 12.6 Å². The maximum atomic E-state index is 13.8. The van der Waals surface area contributed by atoms with E-state index < -0.39 is 24.4 Å². The molecule has 4 aliphatic heterocycles. The number of carbonyl (C=O) groups is 4. The minimum atomic E-state index is -1.39. The van der Waals surface area contributed by atoms with E-state index in [1.165, 1.54) is 46.9 Å². The van der Waals surface area contributed by atoms with E-state index in [2.05, 4.69) is 30.1 Å². The van der Waals surface area contributed by atoms with E-state index in [0.29, 0.717) is 79.5 Å². The molecule has 2 aromatic carbocycles. The first-order chi connectivity index (χ1) is 25.4. The van der Waals surface area contributed by atoms with Gasteiger partial charge in [0.25, 0.3) is 11.8 Å². The Bertz CT molecular complexity index is 1820. The Hall–Kier alpha value is -4.54. The number of thiol groups is 1. The lowest BCUT2D eigenvalue weighted by Gasteiger charge is -2.31. The molecule has 0 saturated carbocycles. The number of unbranched alkanes of at least 4 members (excludes halogenated alkanes) is 2. The van der Waals surface area contributed by atoms with Gasteiger partial charge in [0.2, 0.25) is 5.91 Å². The van der Waals surface area contributed by atoms with Crippen LogP contribution < -0.4 is 29.2 Å². The van der Waals surface area contributed by atoms with Crippen molar-refractivity contribution in [3.63, 3.8) is 0 Å². The van der Waals surface area contributed by atoms with E-state index >= 15 is 0 Å². The van der Waals surface area contributed by atoms with Crippen LogP contribution in [0.3, 0.4) is 0 Å². The molecule has 2 saturated heterocycles. The van der Waals surface area contributed by atoms with Gasteiger partial charge in [0.15, 0.2) is 29.2 Å². The predicted molar refractivity (Wildman–Crippen MR) is 202 cm³/mol.